The molecule has 2 N–H and O–H groups in total. The van der Waals surface area contributed by atoms with Gasteiger partial charge < -0.3 is 9.79 Å². The van der Waals surface area contributed by atoms with Crippen LogP contribution in [0.25, 0.3) is 0 Å². The zero-order chi connectivity index (χ0) is 13.0. The Labute approximate surface area is 88.5 Å². The molecule has 0 saturated carbocycles. The standard InChI is InChI=1S/C4H8F3O7PS/c5-4(6,7)3-14-16(11,12)2-1-13-15(8,9)10/h1-3H2,(H2,8,9,10). The lowest BCUT2D eigenvalue weighted by Gasteiger charge is -2.08. The number of halogens is 3. The number of phosphoric ester groups is 1. The summed E-state index contributed by atoms with van der Waals surface area (Å²) in [6, 6.07) is 0. The largest absolute Gasteiger partial charge is 0.469 e. The fraction of sp³-hybridized carbons (Fsp3) is 1.00. The van der Waals surface area contributed by atoms with Crippen LogP contribution in [0.3, 0.4) is 0 Å². The molecule has 0 fully saturated rings. The van der Waals surface area contributed by atoms with E-state index < -0.39 is 43.1 Å². The van der Waals surface area contributed by atoms with Gasteiger partial charge in [-0.3, -0.25) is 8.71 Å². The van der Waals surface area contributed by atoms with Gasteiger partial charge in [-0.25, -0.2) is 4.57 Å². The van der Waals surface area contributed by atoms with E-state index in [4.69, 9.17) is 9.79 Å². The number of phosphoric acid groups is 1. The summed E-state index contributed by atoms with van der Waals surface area (Å²) in [5.74, 6) is -1.09. The monoisotopic (exact) mass is 288 g/mol. The molecule has 16 heavy (non-hydrogen) atoms. The lowest BCUT2D eigenvalue weighted by atomic mass is 10.7. The van der Waals surface area contributed by atoms with E-state index in [2.05, 4.69) is 8.71 Å². The van der Waals surface area contributed by atoms with Crippen LogP contribution in [0.5, 0.6) is 0 Å². The quantitative estimate of drug-likeness (QED) is 0.523. The third kappa shape index (κ3) is 10.3. The maximum Gasteiger partial charge on any atom is 0.469 e. The highest BCUT2D eigenvalue weighted by atomic mass is 32.2. The van der Waals surface area contributed by atoms with Crippen LogP contribution in [0.2, 0.25) is 0 Å². The highest BCUT2D eigenvalue weighted by molar-refractivity contribution is 7.86. The van der Waals surface area contributed by atoms with Crippen LogP contribution in [0.4, 0.5) is 13.2 Å². The van der Waals surface area contributed by atoms with Gasteiger partial charge in [0.1, 0.15) is 0 Å². The predicted octanol–water partition coefficient (Wildman–Crippen LogP) is 0.00440. The molecule has 0 amide bonds. The maximum atomic E-state index is 11.6. The topological polar surface area (TPSA) is 110 Å². The van der Waals surface area contributed by atoms with E-state index in [-0.39, 0.29) is 0 Å². The van der Waals surface area contributed by atoms with Crippen molar-refractivity contribution in [1.29, 1.82) is 0 Å². The summed E-state index contributed by atoms with van der Waals surface area (Å²) in [5.41, 5.74) is 0. The molecule has 0 spiro atoms. The SMILES string of the molecule is O=P(O)(O)OCCS(=O)(=O)OCC(F)(F)F. The van der Waals surface area contributed by atoms with Crippen LogP contribution in [0, 0.1) is 0 Å². The van der Waals surface area contributed by atoms with Crippen molar-refractivity contribution in [2.24, 2.45) is 0 Å². The molecule has 0 aliphatic carbocycles. The van der Waals surface area contributed by atoms with Gasteiger partial charge >= 0.3 is 14.0 Å². The van der Waals surface area contributed by atoms with Crippen molar-refractivity contribution >= 4 is 17.9 Å². The molecular weight excluding hydrogens is 280 g/mol. The molecule has 0 aliphatic rings. The van der Waals surface area contributed by atoms with Crippen molar-refractivity contribution in [3.63, 3.8) is 0 Å². The third-order valence-corrected chi connectivity index (χ3v) is 2.66. The second-order valence-electron chi connectivity index (χ2n) is 2.46. The van der Waals surface area contributed by atoms with Crippen molar-refractivity contribution < 1.29 is 44.6 Å². The van der Waals surface area contributed by atoms with Crippen molar-refractivity contribution in [2.75, 3.05) is 19.0 Å². The Bertz CT molecular complexity index is 356. The Morgan fingerprint density at radius 1 is 1.25 bits per heavy atom. The zero-order valence-corrected chi connectivity index (χ0v) is 9.26. The minimum absolute atomic E-state index is 0.968. The van der Waals surface area contributed by atoms with Gasteiger partial charge in [0.05, 0.1) is 12.4 Å². The van der Waals surface area contributed by atoms with Crippen molar-refractivity contribution in [2.45, 2.75) is 6.18 Å². The average Bonchev–Trinajstić information content (AvgIpc) is 1.97. The smallest absolute Gasteiger partial charge is 0.303 e. The van der Waals surface area contributed by atoms with Crippen molar-refractivity contribution in [3.8, 4) is 0 Å². The van der Waals surface area contributed by atoms with E-state index in [0.29, 0.717) is 0 Å². The lowest BCUT2D eigenvalue weighted by Crippen LogP contribution is -2.23. The number of rotatable bonds is 6. The van der Waals surface area contributed by atoms with Crippen LogP contribution in [-0.2, 0) is 23.4 Å². The minimum atomic E-state index is -4.85. The normalized spacial score (nSPS) is 14.1. The molecule has 0 unspecified atom stereocenters. The highest BCUT2D eigenvalue weighted by Crippen LogP contribution is 2.35. The third-order valence-electron chi connectivity index (χ3n) is 0.995. The molecule has 0 rings (SSSR count). The summed E-state index contributed by atoms with van der Waals surface area (Å²) in [5, 5.41) is 0. The Kier molecular flexibility index (Phi) is 5.36. The summed E-state index contributed by atoms with van der Waals surface area (Å²) in [7, 11) is -9.37. The molecule has 0 aromatic heterocycles. The van der Waals surface area contributed by atoms with E-state index in [1.165, 1.54) is 0 Å². The van der Waals surface area contributed by atoms with Gasteiger partial charge in [0.25, 0.3) is 10.1 Å². The van der Waals surface area contributed by atoms with Crippen LogP contribution in [-0.4, -0.2) is 43.3 Å². The average molecular weight is 288 g/mol. The molecule has 98 valence electrons. The van der Waals surface area contributed by atoms with Crippen LogP contribution < -0.4 is 0 Å². The summed E-state index contributed by atoms with van der Waals surface area (Å²) in [6.07, 6.45) is -4.81. The fourth-order valence-electron chi connectivity index (χ4n) is 0.474. The van der Waals surface area contributed by atoms with Crippen LogP contribution in [0.15, 0.2) is 0 Å². The highest BCUT2D eigenvalue weighted by Gasteiger charge is 2.31. The predicted molar refractivity (Wildman–Crippen MR) is 43.8 cm³/mol. The number of hydrogen-bond acceptors (Lipinski definition) is 5. The maximum absolute atomic E-state index is 11.6. The minimum Gasteiger partial charge on any atom is -0.303 e. The number of hydrogen-bond donors (Lipinski definition) is 2. The van der Waals surface area contributed by atoms with Gasteiger partial charge in [0.2, 0.25) is 0 Å². The van der Waals surface area contributed by atoms with Crippen LogP contribution in [0.1, 0.15) is 0 Å². The Morgan fingerprint density at radius 2 is 1.75 bits per heavy atom. The molecule has 0 heterocycles. The van der Waals surface area contributed by atoms with E-state index in [0.717, 1.165) is 0 Å². The van der Waals surface area contributed by atoms with E-state index in [1.807, 2.05) is 0 Å². The zero-order valence-electron chi connectivity index (χ0n) is 7.55. The fourth-order valence-corrected chi connectivity index (χ4v) is 1.64. The molecule has 0 radical (unpaired) electrons. The van der Waals surface area contributed by atoms with Crippen LogP contribution >= 0.6 is 7.82 Å². The Hall–Kier alpha value is -0.190. The summed E-state index contributed by atoms with van der Waals surface area (Å²) in [4.78, 5) is 16.3. The first-order valence-corrected chi connectivity index (χ1v) is 6.66. The second-order valence-corrected chi connectivity index (χ2v) is 5.46. The first-order chi connectivity index (χ1) is 6.91. The van der Waals surface area contributed by atoms with Gasteiger partial charge in [-0.2, -0.15) is 21.6 Å². The van der Waals surface area contributed by atoms with E-state index >= 15 is 0 Å². The molecule has 0 aromatic carbocycles. The molecule has 12 heteroatoms. The Morgan fingerprint density at radius 3 is 2.12 bits per heavy atom. The van der Waals surface area contributed by atoms with Crippen molar-refractivity contribution in [1.82, 2.24) is 0 Å². The van der Waals surface area contributed by atoms with Gasteiger partial charge in [-0.15, -0.1) is 0 Å². The number of alkyl halides is 3. The summed E-state index contributed by atoms with van der Waals surface area (Å²) >= 11 is 0. The van der Waals surface area contributed by atoms with Gasteiger partial charge in [-0.1, -0.05) is 0 Å². The molecule has 0 bridgehead atoms. The van der Waals surface area contributed by atoms with Gasteiger partial charge in [0.15, 0.2) is 6.61 Å². The van der Waals surface area contributed by atoms with Gasteiger partial charge in [-0.05, 0) is 0 Å². The van der Waals surface area contributed by atoms with E-state index in [1.54, 1.807) is 0 Å². The molecule has 0 aromatic rings. The lowest BCUT2D eigenvalue weighted by molar-refractivity contribution is -0.152. The molecular formula is C4H8F3O7PS. The Balaban J connectivity index is 4.03. The van der Waals surface area contributed by atoms with Gasteiger partial charge in [0, 0.05) is 0 Å². The summed E-state index contributed by atoms with van der Waals surface area (Å²) in [6.45, 7) is -2.96. The summed E-state index contributed by atoms with van der Waals surface area (Å²) < 4.78 is 73.4. The second kappa shape index (κ2) is 5.43. The molecule has 0 aliphatic heterocycles. The molecule has 7 nitrogen and oxygen atoms in total. The first-order valence-electron chi connectivity index (χ1n) is 3.55. The van der Waals surface area contributed by atoms with E-state index in [9.17, 15) is 26.2 Å². The first kappa shape index (κ1) is 15.8. The van der Waals surface area contributed by atoms with Crippen molar-refractivity contribution in [3.05, 3.63) is 0 Å². The molecule has 0 atom stereocenters. The molecule has 0 saturated heterocycles.